The highest BCUT2D eigenvalue weighted by Gasteiger charge is 2.21. The molecule has 0 atom stereocenters. The lowest BCUT2D eigenvalue weighted by Gasteiger charge is -2.34. The second-order valence-electron chi connectivity index (χ2n) is 5.63. The fraction of sp³-hybridized carbons (Fsp3) is 0.533. The van der Waals surface area contributed by atoms with E-state index < -0.39 is 0 Å². The van der Waals surface area contributed by atoms with Gasteiger partial charge in [0.05, 0.1) is 10.7 Å². The number of nitrogens with one attached hydrogen (secondary N) is 1. The van der Waals surface area contributed by atoms with Gasteiger partial charge < -0.3 is 16.0 Å². The minimum absolute atomic E-state index is 0.0459. The molecule has 3 N–H and O–H groups in total. The number of nitrogen functional groups attached to an aromatic ring is 1. The average Bonchev–Trinajstić information content (AvgIpc) is 2.39. The molecular formula is C15H24ClN3O. The summed E-state index contributed by atoms with van der Waals surface area (Å²) in [5.74, 6) is -0.0459. The van der Waals surface area contributed by atoms with Gasteiger partial charge in [0.1, 0.15) is 0 Å². The first kappa shape index (κ1) is 16.8. The van der Waals surface area contributed by atoms with Crippen molar-refractivity contribution in [2.24, 2.45) is 0 Å². The van der Waals surface area contributed by atoms with Crippen molar-refractivity contribution in [3.63, 3.8) is 0 Å². The number of amides is 1. The molecular weight excluding hydrogens is 274 g/mol. The number of hydrogen-bond donors (Lipinski definition) is 2. The Morgan fingerprint density at radius 3 is 2.65 bits per heavy atom. The zero-order valence-corrected chi connectivity index (χ0v) is 13.4. The van der Waals surface area contributed by atoms with Crippen LogP contribution in [0, 0.1) is 0 Å². The molecule has 0 unspecified atom stereocenters. The molecule has 0 aromatic heterocycles. The minimum Gasteiger partial charge on any atom is -0.399 e. The van der Waals surface area contributed by atoms with Crippen molar-refractivity contribution in [1.82, 2.24) is 4.90 Å². The van der Waals surface area contributed by atoms with Gasteiger partial charge in [0.15, 0.2) is 0 Å². The molecule has 0 aliphatic carbocycles. The largest absolute Gasteiger partial charge is 0.399 e. The SMILES string of the molecule is CCC(C)(C)N(C)CCC(=O)Nc1ccc(N)cc1Cl. The number of carbonyl (C=O) groups excluding carboxylic acids is 1. The third-order valence-electron chi connectivity index (χ3n) is 3.84. The Bertz CT molecular complexity index is 474. The molecule has 0 spiro atoms. The van der Waals surface area contributed by atoms with Crippen LogP contribution in [0.4, 0.5) is 11.4 Å². The normalized spacial score (nSPS) is 11.7. The second kappa shape index (κ2) is 6.95. The average molecular weight is 298 g/mol. The highest BCUT2D eigenvalue weighted by atomic mass is 35.5. The first-order chi connectivity index (χ1) is 9.26. The van der Waals surface area contributed by atoms with Crippen molar-refractivity contribution in [3.05, 3.63) is 23.2 Å². The molecule has 1 aromatic carbocycles. The van der Waals surface area contributed by atoms with Crippen LogP contribution in [0.5, 0.6) is 0 Å². The Hall–Kier alpha value is -1.26. The summed E-state index contributed by atoms with van der Waals surface area (Å²) in [4.78, 5) is 14.1. The summed E-state index contributed by atoms with van der Waals surface area (Å²) in [5.41, 5.74) is 6.89. The van der Waals surface area contributed by atoms with Gasteiger partial charge in [0.25, 0.3) is 0 Å². The predicted molar refractivity (Wildman–Crippen MR) is 86.1 cm³/mol. The van der Waals surface area contributed by atoms with E-state index in [9.17, 15) is 4.79 Å². The van der Waals surface area contributed by atoms with Gasteiger partial charge in [-0.25, -0.2) is 0 Å². The lowest BCUT2D eigenvalue weighted by molar-refractivity contribution is -0.116. The molecule has 0 saturated heterocycles. The van der Waals surface area contributed by atoms with Crippen LogP contribution in [0.15, 0.2) is 18.2 Å². The summed E-state index contributed by atoms with van der Waals surface area (Å²) < 4.78 is 0. The highest BCUT2D eigenvalue weighted by Crippen LogP contribution is 2.24. The van der Waals surface area contributed by atoms with Gasteiger partial charge in [-0.05, 0) is 45.5 Å². The van der Waals surface area contributed by atoms with Crippen molar-refractivity contribution in [2.75, 3.05) is 24.6 Å². The Morgan fingerprint density at radius 2 is 2.10 bits per heavy atom. The van der Waals surface area contributed by atoms with Gasteiger partial charge in [0, 0.05) is 24.2 Å². The van der Waals surface area contributed by atoms with Crippen LogP contribution in [-0.4, -0.2) is 29.9 Å². The van der Waals surface area contributed by atoms with E-state index in [0.29, 0.717) is 29.4 Å². The molecule has 4 nitrogen and oxygen atoms in total. The summed E-state index contributed by atoms with van der Waals surface area (Å²) in [6.07, 6.45) is 1.47. The Balaban J connectivity index is 2.52. The Morgan fingerprint density at radius 1 is 1.45 bits per heavy atom. The number of nitrogens with zero attached hydrogens (tertiary/aromatic N) is 1. The van der Waals surface area contributed by atoms with E-state index in [2.05, 4.69) is 31.0 Å². The molecule has 20 heavy (non-hydrogen) atoms. The minimum atomic E-state index is -0.0459. The molecule has 0 heterocycles. The summed E-state index contributed by atoms with van der Waals surface area (Å²) in [6.45, 7) is 7.19. The monoisotopic (exact) mass is 297 g/mol. The van der Waals surface area contributed by atoms with Gasteiger partial charge in [-0.15, -0.1) is 0 Å². The van der Waals surface area contributed by atoms with E-state index >= 15 is 0 Å². The number of nitrogens with two attached hydrogens (primary N) is 1. The van der Waals surface area contributed by atoms with Crippen molar-refractivity contribution in [3.8, 4) is 0 Å². The molecule has 0 radical (unpaired) electrons. The zero-order valence-electron chi connectivity index (χ0n) is 12.7. The molecule has 1 amide bonds. The maximum atomic E-state index is 11.9. The quantitative estimate of drug-likeness (QED) is 0.792. The molecule has 5 heteroatoms. The molecule has 0 aliphatic rings. The fourth-order valence-corrected chi connectivity index (χ4v) is 1.92. The first-order valence-corrected chi connectivity index (χ1v) is 7.20. The number of hydrogen-bond acceptors (Lipinski definition) is 3. The van der Waals surface area contributed by atoms with Gasteiger partial charge >= 0.3 is 0 Å². The molecule has 0 fully saturated rings. The van der Waals surface area contributed by atoms with Gasteiger partial charge in [0.2, 0.25) is 5.91 Å². The van der Waals surface area contributed by atoms with E-state index in [0.717, 1.165) is 6.42 Å². The predicted octanol–water partition coefficient (Wildman–Crippen LogP) is 3.37. The molecule has 112 valence electrons. The topological polar surface area (TPSA) is 58.4 Å². The standard InChI is InChI=1S/C15H24ClN3O/c1-5-15(2,3)19(4)9-8-14(20)18-13-7-6-11(17)10-12(13)16/h6-7,10H,5,8-9,17H2,1-4H3,(H,18,20). The first-order valence-electron chi connectivity index (χ1n) is 6.82. The third-order valence-corrected chi connectivity index (χ3v) is 4.15. The summed E-state index contributed by atoms with van der Waals surface area (Å²) >= 11 is 6.03. The highest BCUT2D eigenvalue weighted by molar-refractivity contribution is 6.34. The van der Waals surface area contributed by atoms with Gasteiger partial charge in [-0.2, -0.15) is 0 Å². The third kappa shape index (κ3) is 4.69. The van der Waals surface area contributed by atoms with Crippen LogP contribution >= 0.6 is 11.6 Å². The van der Waals surface area contributed by atoms with Crippen molar-refractivity contribution in [2.45, 2.75) is 39.2 Å². The molecule has 0 aliphatic heterocycles. The lowest BCUT2D eigenvalue weighted by Crippen LogP contribution is -2.41. The van der Waals surface area contributed by atoms with Crippen LogP contribution < -0.4 is 11.1 Å². The van der Waals surface area contributed by atoms with Crippen molar-refractivity contribution < 1.29 is 4.79 Å². The van der Waals surface area contributed by atoms with Crippen molar-refractivity contribution >= 4 is 28.9 Å². The number of anilines is 2. The number of rotatable bonds is 6. The Kier molecular flexibility index (Phi) is 5.84. The van der Waals surface area contributed by atoms with Gasteiger partial charge in [-0.3, -0.25) is 4.79 Å². The lowest BCUT2D eigenvalue weighted by atomic mass is 10.00. The molecule has 0 bridgehead atoms. The Labute approximate surface area is 126 Å². The van der Waals surface area contributed by atoms with Crippen molar-refractivity contribution in [1.29, 1.82) is 0 Å². The van der Waals surface area contributed by atoms with Gasteiger partial charge in [-0.1, -0.05) is 18.5 Å². The molecule has 1 rings (SSSR count). The van der Waals surface area contributed by atoms with E-state index in [1.165, 1.54) is 0 Å². The summed E-state index contributed by atoms with van der Waals surface area (Å²) in [5, 5.41) is 3.27. The van der Waals surface area contributed by atoms with Crippen LogP contribution in [0.25, 0.3) is 0 Å². The fourth-order valence-electron chi connectivity index (χ4n) is 1.69. The van der Waals surface area contributed by atoms with E-state index in [1.807, 2.05) is 7.05 Å². The maximum Gasteiger partial charge on any atom is 0.225 e. The van der Waals surface area contributed by atoms with E-state index in [1.54, 1.807) is 18.2 Å². The number of carbonyl (C=O) groups is 1. The van der Waals surface area contributed by atoms with Crippen LogP contribution in [-0.2, 0) is 4.79 Å². The van der Waals surface area contributed by atoms with Crippen LogP contribution in [0.2, 0.25) is 5.02 Å². The number of halogens is 1. The molecule has 1 aromatic rings. The van der Waals surface area contributed by atoms with Crippen LogP contribution in [0.1, 0.15) is 33.6 Å². The number of benzene rings is 1. The smallest absolute Gasteiger partial charge is 0.225 e. The van der Waals surface area contributed by atoms with E-state index in [-0.39, 0.29) is 11.4 Å². The zero-order chi connectivity index (χ0) is 15.3. The maximum absolute atomic E-state index is 11.9. The summed E-state index contributed by atoms with van der Waals surface area (Å²) in [7, 11) is 2.03. The second-order valence-corrected chi connectivity index (χ2v) is 6.03. The summed E-state index contributed by atoms with van der Waals surface area (Å²) in [6, 6.07) is 5.06. The molecule has 0 saturated carbocycles. The van der Waals surface area contributed by atoms with Crippen LogP contribution in [0.3, 0.4) is 0 Å². The van der Waals surface area contributed by atoms with E-state index in [4.69, 9.17) is 17.3 Å².